The predicted molar refractivity (Wildman–Crippen MR) is 138 cm³/mol. The predicted octanol–water partition coefficient (Wildman–Crippen LogP) is 2.30. The smallest absolute Gasteiger partial charge is 0.281 e. The Labute approximate surface area is 209 Å². The van der Waals surface area contributed by atoms with E-state index in [9.17, 15) is 4.79 Å². The summed E-state index contributed by atoms with van der Waals surface area (Å²) in [7, 11) is 0. The number of carbonyl (C=O) groups excluding carboxylic acids is 1. The molecular formula is C26H31N9O. The molecule has 2 aromatic heterocycles. The summed E-state index contributed by atoms with van der Waals surface area (Å²) in [5.74, 6) is 3.41. The first-order valence-corrected chi connectivity index (χ1v) is 13.0. The van der Waals surface area contributed by atoms with Crippen molar-refractivity contribution in [2.24, 2.45) is 16.6 Å². The van der Waals surface area contributed by atoms with Gasteiger partial charge in [0.1, 0.15) is 5.82 Å². The Morgan fingerprint density at radius 1 is 1.08 bits per heavy atom. The molecule has 0 radical (unpaired) electrons. The third-order valence-corrected chi connectivity index (χ3v) is 7.71. The van der Waals surface area contributed by atoms with Crippen LogP contribution in [0.1, 0.15) is 47.7 Å². The number of nitrogens with zero attached hydrogens (tertiary/aromatic N) is 8. The van der Waals surface area contributed by atoms with Gasteiger partial charge in [0.2, 0.25) is 11.9 Å². The molecule has 186 valence electrons. The Kier molecular flexibility index (Phi) is 4.99. The lowest BCUT2D eigenvalue weighted by Gasteiger charge is -2.33. The molecule has 1 aliphatic carbocycles. The lowest BCUT2D eigenvalue weighted by Crippen LogP contribution is -2.50. The monoisotopic (exact) mass is 485 g/mol. The number of hydrogen-bond acceptors (Lipinski definition) is 8. The zero-order valence-corrected chi connectivity index (χ0v) is 20.6. The van der Waals surface area contributed by atoms with Gasteiger partial charge in [-0.05, 0) is 44.6 Å². The first-order valence-electron chi connectivity index (χ1n) is 13.0. The Hall–Kier alpha value is -3.53. The van der Waals surface area contributed by atoms with Gasteiger partial charge in [-0.15, -0.1) is 0 Å². The minimum absolute atomic E-state index is 0.0722. The lowest BCUT2D eigenvalue weighted by molar-refractivity contribution is 0.0819. The number of benzene rings is 1. The zero-order chi connectivity index (χ0) is 24.4. The molecule has 10 nitrogen and oxygen atoms in total. The van der Waals surface area contributed by atoms with Crippen LogP contribution in [-0.4, -0.2) is 68.5 Å². The summed E-state index contributed by atoms with van der Waals surface area (Å²) >= 11 is 0. The average molecular weight is 486 g/mol. The molecule has 1 aromatic carbocycles. The molecule has 7 rings (SSSR count). The van der Waals surface area contributed by atoms with Crippen molar-refractivity contribution in [3.63, 3.8) is 0 Å². The van der Waals surface area contributed by atoms with Gasteiger partial charge >= 0.3 is 0 Å². The maximum Gasteiger partial charge on any atom is 0.281 e. The number of aromatic nitrogens is 4. The molecule has 36 heavy (non-hydrogen) atoms. The van der Waals surface area contributed by atoms with Crippen LogP contribution in [0, 0.1) is 12.8 Å². The van der Waals surface area contributed by atoms with Crippen molar-refractivity contribution in [3.05, 3.63) is 41.5 Å². The van der Waals surface area contributed by atoms with Gasteiger partial charge < -0.3 is 15.2 Å². The van der Waals surface area contributed by atoms with Crippen LogP contribution in [0.5, 0.6) is 0 Å². The van der Waals surface area contributed by atoms with Crippen LogP contribution in [-0.2, 0) is 13.1 Å². The average Bonchev–Trinajstić information content (AvgIpc) is 3.41. The van der Waals surface area contributed by atoms with Crippen LogP contribution in [0.4, 0.5) is 11.8 Å². The Bertz CT molecular complexity index is 1390. The number of aryl methyl sites for hydroxylation is 1. The number of guanidine groups is 1. The van der Waals surface area contributed by atoms with Gasteiger partial charge in [-0.3, -0.25) is 19.6 Å². The van der Waals surface area contributed by atoms with E-state index in [0.717, 1.165) is 60.8 Å². The van der Waals surface area contributed by atoms with E-state index in [1.807, 2.05) is 31.2 Å². The number of imidazole rings is 1. The van der Waals surface area contributed by atoms with Crippen molar-refractivity contribution < 1.29 is 4.79 Å². The molecule has 0 spiro atoms. The highest BCUT2D eigenvalue weighted by atomic mass is 16.2. The van der Waals surface area contributed by atoms with Crippen molar-refractivity contribution in [1.29, 1.82) is 0 Å². The second kappa shape index (κ2) is 8.26. The summed E-state index contributed by atoms with van der Waals surface area (Å²) in [6, 6.07) is 8.12. The highest BCUT2D eigenvalue weighted by Gasteiger charge is 2.44. The van der Waals surface area contributed by atoms with Crippen molar-refractivity contribution in [2.45, 2.75) is 51.7 Å². The first kappa shape index (κ1) is 21.7. The fraction of sp³-hybridized carbons (Fsp3) is 0.500. The number of nitrogens with two attached hydrogens (primary N) is 1. The maximum absolute atomic E-state index is 14.2. The highest BCUT2D eigenvalue weighted by Crippen LogP contribution is 2.39. The lowest BCUT2D eigenvalue weighted by atomic mass is 10.1. The minimum Gasteiger partial charge on any atom is -0.341 e. The molecule has 1 unspecified atom stereocenters. The molecule has 1 saturated carbocycles. The van der Waals surface area contributed by atoms with Gasteiger partial charge in [-0.2, -0.15) is 4.98 Å². The quantitative estimate of drug-likeness (QED) is 0.591. The molecule has 10 heteroatoms. The summed E-state index contributed by atoms with van der Waals surface area (Å²) in [5.41, 5.74) is 8.78. The summed E-state index contributed by atoms with van der Waals surface area (Å²) in [4.78, 5) is 39.6. The third-order valence-electron chi connectivity index (χ3n) is 7.71. The topological polar surface area (TPSA) is 109 Å². The number of hydrogen-bond donors (Lipinski definition) is 1. The van der Waals surface area contributed by atoms with E-state index >= 15 is 0 Å². The normalized spacial score (nSPS) is 21.7. The zero-order valence-electron chi connectivity index (χ0n) is 20.6. The number of anilines is 2. The largest absolute Gasteiger partial charge is 0.341 e. The van der Waals surface area contributed by atoms with Crippen molar-refractivity contribution in [2.75, 3.05) is 36.0 Å². The standard InChI is InChI=1S/C26H31N9O/c1-16-19-6-2-3-7-20(19)30-21(29-16)15-35-24(36)22-23(33-12-10-28-25(33)35)31-26(34(22)13-17-8-9-17)32-11-4-5-18(27)14-32/h2-3,6-7,17-18H,4-5,8-15,27H2,1H3. The van der Waals surface area contributed by atoms with Crippen LogP contribution >= 0.6 is 0 Å². The van der Waals surface area contributed by atoms with Gasteiger partial charge in [0.25, 0.3) is 5.91 Å². The van der Waals surface area contributed by atoms with E-state index in [4.69, 9.17) is 25.7 Å². The van der Waals surface area contributed by atoms with Gasteiger partial charge in [0.05, 0.1) is 18.6 Å². The molecule has 5 heterocycles. The number of para-hydroxylation sites is 1. The number of fused-ring (bicyclic) bond motifs is 4. The molecule has 2 N–H and O–H groups in total. The van der Waals surface area contributed by atoms with E-state index < -0.39 is 0 Å². The van der Waals surface area contributed by atoms with Crippen LogP contribution in [0.2, 0.25) is 0 Å². The number of amides is 1. The minimum atomic E-state index is -0.0722. The SMILES string of the molecule is Cc1nc(CN2C(=O)c3c(nc(N4CCCC(N)C4)n3CC3CC3)N3CCN=C23)nc2ccccc12. The summed E-state index contributed by atoms with van der Waals surface area (Å²) in [6.07, 6.45) is 4.46. The maximum atomic E-state index is 14.2. The fourth-order valence-electron chi connectivity index (χ4n) is 5.73. The van der Waals surface area contributed by atoms with Gasteiger partial charge in [-0.25, -0.2) is 9.97 Å². The Balaban J connectivity index is 1.30. The Morgan fingerprint density at radius 3 is 2.78 bits per heavy atom. The van der Waals surface area contributed by atoms with Gasteiger partial charge in [-0.1, -0.05) is 18.2 Å². The van der Waals surface area contributed by atoms with Crippen LogP contribution < -0.4 is 15.5 Å². The molecule has 3 aliphatic heterocycles. The van der Waals surface area contributed by atoms with E-state index in [0.29, 0.717) is 36.5 Å². The van der Waals surface area contributed by atoms with E-state index in [-0.39, 0.29) is 18.5 Å². The van der Waals surface area contributed by atoms with Crippen molar-refractivity contribution in [1.82, 2.24) is 24.4 Å². The number of carbonyl (C=O) groups is 1. The van der Waals surface area contributed by atoms with Crippen molar-refractivity contribution >= 4 is 34.5 Å². The number of rotatable bonds is 5. The molecule has 4 aliphatic rings. The van der Waals surface area contributed by atoms with Gasteiger partial charge in [0.15, 0.2) is 11.5 Å². The van der Waals surface area contributed by atoms with E-state index in [1.54, 1.807) is 4.90 Å². The number of piperidine rings is 1. The van der Waals surface area contributed by atoms with Crippen LogP contribution in [0.25, 0.3) is 10.9 Å². The van der Waals surface area contributed by atoms with Crippen molar-refractivity contribution in [3.8, 4) is 0 Å². The second-order valence-corrected chi connectivity index (χ2v) is 10.5. The second-order valence-electron chi connectivity index (χ2n) is 10.5. The molecule has 1 atom stereocenters. The summed E-state index contributed by atoms with van der Waals surface area (Å²) in [5, 5.41) is 1.03. The Morgan fingerprint density at radius 2 is 1.94 bits per heavy atom. The molecule has 2 fully saturated rings. The molecule has 1 saturated heterocycles. The third kappa shape index (κ3) is 3.54. The van der Waals surface area contributed by atoms with E-state index in [2.05, 4.69) is 14.4 Å². The molecule has 1 amide bonds. The summed E-state index contributed by atoms with van der Waals surface area (Å²) in [6.45, 7) is 6.11. The molecular weight excluding hydrogens is 454 g/mol. The first-order chi connectivity index (χ1) is 17.6. The highest BCUT2D eigenvalue weighted by molar-refractivity contribution is 6.18. The van der Waals surface area contributed by atoms with Crippen LogP contribution in [0.3, 0.4) is 0 Å². The van der Waals surface area contributed by atoms with Gasteiger partial charge in [0, 0.05) is 43.3 Å². The van der Waals surface area contributed by atoms with E-state index in [1.165, 1.54) is 12.8 Å². The molecule has 3 aromatic rings. The summed E-state index contributed by atoms with van der Waals surface area (Å²) < 4.78 is 2.17. The molecule has 0 bridgehead atoms. The van der Waals surface area contributed by atoms with Crippen LogP contribution in [0.15, 0.2) is 29.3 Å². The fourth-order valence-corrected chi connectivity index (χ4v) is 5.73. The number of aliphatic imine (C=N–C) groups is 1.